The van der Waals surface area contributed by atoms with Gasteiger partial charge in [-0.3, -0.25) is 10.1 Å². The molecule has 1 atom stereocenters. The van der Waals surface area contributed by atoms with Gasteiger partial charge in [0.2, 0.25) is 5.91 Å². The molecule has 2 aliphatic heterocycles. The standard InChI is InChI=1S/C12H18N4O3S/c17-12(16-8-1-3-20(18,19)4-2-8)10-5-9-11(6-13-10)15-7-14-9/h7-8,10,13H,1-6H2,(H,14,15)(H,16,17). The van der Waals surface area contributed by atoms with Crippen LogP contribution in [0.5, 0.6) is 0 Å². The SMILES string of the molecule is O=C(NC1CCS(=O)(=O)CC1)C1Cc2nc[nH]c2CN1. The minimum atomic E-state index is -2.89. The lowest BCUT2D eigenvalue weighted by atomic mass is 10.0. The van der Waals surface area contributed by atoms with E-state index in [-0.39, 0.29) is 29.5 Å². The number of carbonyl (C=O) groups excluding carboxylic acids is 1. The molecular weight excluding hydrogens is 280 g/mol. The van der Waals surface area contributed by atoms with Crippen molar-refractivity contribution in [1.29, 1.82) is 0 Å². The van der Waals surface area contributed by atoms with Crippen molar-refractivity contribution in [3.63, 3.8) is 0 Å². The van der Waals surface area contributed by atoms with Gasteiger partial charge >= 0.3 is 0 Å². The Morgan fingerprint density at radius 2 is 2.10 bits per heavy atom. The van der Waals surface area contributed by atoms with Gasteiger partial charge in [-0.1, -0.05) is 0 Å². The molecule has 0 bridgehead atoms. The fourth-order valence-corrected chi connectivity index (χ4v) is 4.18. The molecule has 0 aliphatic carbocycles. The monoisotopic (exact) mass is 298 g/mol. The third-order valence-electron chi connectivity index (χ3n) is 3.95. The van der Waals surface area contributed by atoms with Crippen molar-refractivity contribution in [2.24, 2.45) is 0 Å². The maximum Gasteiger partial charge on any atom is 0.237 e. The number of carbonyl (C=O) groups is 1. The molecule has 2 aliphatic rings. The number of fused-ring (bicyclic) bond motifs is 1. The minimum Gasteiger partial charge on any atom is -0.352 e. The van der Waals surface area contributed by atoms with E-state index in [1.165, 1.54) is 0 Å². The molecule has 7 nitrogen and oxygen atoms in total. The number of nitrogens with zero attached hydrogens (tertiary/aromatic N) is 1. The number of hydrogen-bond acceptors (Lipinski definition) is 5. The number of imidazole rings is 1. The van der Waals surface area contributed by atoms with Crippen LogP contribution in [0.25, 0.3) is 0 Å². The minimum absolute atomic E-state index is 0.0339. The lowest BCUT2D eigenvalue weighted by Crippen LogP contribution is -2.51. The van der Waals surface area contributed by atoms with Crippen LogP contribution in [-0.2, 0) is 27.6 Å². The third kappa shape index (κ3) is 2.85. The van der Waals surface area contributed by atoms with Crippen LogP contribution in [-0.4, -0.2) is 47.9 Å². The molecule has 3 N–H and O–H groups in total. The van der Waals surface area contributed by atoms with Crippen molar-refractivity contribution >= 4 is 15.7 Å². The Kier molecular flexibility index (Phi) is 3.51. The Labute approximate surface area is 117 Å². The van der Waals surface area contributed by atoms with E-state index in [9.17, 15) is 13.2 Å². The molecule has 1 unspecified atom stereocenters. The van der Waals surface area contributed by atoms with Crippen LogP contribution >= 0.6 is 0 Å². The van der Waals surface area contributed by atoms with Gasteiger partial charge in [0.1, 0.15) is 9.84 Å². The van der Waals surface area contributed by atoms with Crippen LogP contribution in [0.1, 0.15) is 24.2 Å². The Balaban J connectivity index is 1.56. The maximum absolute atomic E-state index is 12.2. The average Bonchev–Trinajstić information content (AvgIpc) is 2.88. The van der Waals surface area contributed by atoms with Gasteiger partial charge in [0.05, 0.1) is 35.3 Å². The molecule has 1 aromatic heterocycles. The second-order valence-corrected chi connectivity index (χ2v) is 7.70. The highest BCUT2D eigenvalue weighted by Gasteiger charge is 2.29. The third-order valence-corrected chi connectivity index (χ3v) is 5.66. The van der Waals surface area contributed by atoms with E-state index in [1.807, 2.05) is 0 Å². The van der Waals surface area contributed by atoms with Crippen LogP contribution in [0.2, 0.25) is 0 Å². The van der Waals surface area contributed by atoms with Gasteiger partial charge in [-0.25, -0.2) is 13.4 Å². The van der Waals surface area contributed by atoms with Crippen LogP contribution in [0.3, 0.4) is 0 Å². The fourth-order valence-electron chi connectivity index (χ4n) is 2.69. The summed E-state index contributed by atoms with van der Waals surface area (Å²) >= 11 is 0. The number of aromatic nitrogens is 2. The Hall–Kier alpha value is -1.41. The zero-order valence-electron chi connectivity index (χ0n) is 11.1. The van der Waals surface area contributed by atoms with Crippen molar-refractivity contribution in [3.8, 4) is 0 Å². The van der Waals surface area contributed by atoms with Crippen LogP contribution in [0, 0.1) is 0 Å². The summed E-state index contributed by atoms with van der Waals surface area (Å²) in [6.07, 6.45) is 3.22. The number of rotatable bonds is 2. The summed E-state index contributed by atoms with van der Waals surface area (Å²) in [4.78, 5) is 19.4. The summed E-state index contributed by atoms with van der Waals surface area (Å²) < 4.78 is 22.7. The van der Waals surface area contributed by atoms with Gasteiger partial charge in [-0.15, -0.1) is 0 Å². The molecule has 20 heavy (non-hydrogen) atoms. The zero-order valence-corrected chi connectivity index (χ0v) is 11.9. The van der Waals surface area contributed by atoms with E-state index < -0.39 is 9.84 Å². The van der Waals surface area contributed by atoms with Gasteiger partial charge in [-0.05, 0) is 12.8 Å². The second-order valence-electron chi connectivity index (χ2n) is 5.40. The Morgan fingerprint density at radius 1 is 1.35 bits per heavy atom. The quantitative estimate of drug-likeness (QED) is 0.657. The van der Waals surface area contributed by atoms with Crippen molar-refractivity contribution in [3.05, 3.63) is 17.7 Å². The van der Waals surface area contributed by atoms with Crippen molar-refractivity contribution < 1.29 is 13.2 Å². The van der Waals surface area contributed by atoms with E-state index in [0.29, 0.717) is 25.8 Å². The molecule has 110 valence electrons. The van der Waals surface area contributed by atoms with Crippen molar-refractivity contribution in [2.45, 2.75) is 37.9 Å². The van der Waals surface area contributed by atoms with E-state index in [0.717, 1.165) is 11.4 Å². The molecule has 0 radical (unpaired) electrons. The smallest absolute Gasteiger partial charge is 0.237 e. The summed E-state index contributed by atoms with van der Waals surface area (Å²) in [6, 6.07) is -0.322. The molecule has 0 saturated carbocycles. The van der Waals surface area contributed by atoms with Crippen molar-refractivity contribution in [2.75, 3.05) is 11.5 Å². The molecular formula is C12H18N4O3S. The summed E-state index contributed by atoms with van der Waals surface area (Å²) in [7, 11) is -2.89. The summed E-state index contributed by atoms with van der Waals surface area (Å²) in [6.45, 7) is 0.604. The van der Waals surface area contributed by atoms with Gasteiger partial charge in [0, 0.05) is 19.0 Å². The lowest BCUT2D eigenvalue weighted by molar-refractivity contribution is -0.124. The summed E-state index contributed by atoms with van der Waals surface area (Å²) in [5, 5.41) is 6.11. The van der Waals surface area contributed by atoms with Crippen molar-refractivity contribution in [1.82, 2.24) is 20.6 Å². The van der Waals surface area contributed by atoms with Gasteiger partial charge in [0.25, 0.3) is 0 Å². The first-order valence-electron chi connectivity index (χ1n) is 6.79. The first-order chi connectivity index (χ1) is 9.53. The predicted molar refractivity (Wildman–Crippen MR) is 72.7 cm³/mol. The number of sulfone groups is 1. The topological polar surface area (TPSA) is 104 Å². The summed E-state index contributed by atoms with van der Waals surface area (Å²) in [5.74, 6) is 0.266. The predicted octanol–water partition coefficient (Wildman–Crippen LogP) is -0.883. The molecule has 3 rings (SSSR count). The van der Waals surface area contributed by atoms with Crippen LogP contribution in [0.15, 0.2) is 6.33 Å². The Morgan fingerprint density at radius 3 is 2.85 bits per heavy atom. The van der Waals surface area contributed by atoms with E-state index in [4.69, 9.17) is 0 Å². The molecule has 1 aromatic rings. The van der Waals surface area contributed by atoms with E-state index in [2.05, 4.69) is 20.6 Å². The highest BCUT2D eigenvalue weighted by molar-refractivity contribution is 7.91. The van der Waals surface area contributed by atoms with Gasteiger partial charge in [0.15, 0.2) is 0 Å². The number of H-pyrrole nitrogens is 1. The average molecular weight is 298 g/mol. The molecule has 8 heteroatoms. The normalized spacial score (nSPS) is 25.9. The number of nitrogens with one attached hydrogen (secondary N) is 3. The fraction of sp³-hybridized carbons (Fsp3) is 0.667. The second kappa shape index (κ2) is 5.17. The molecule has 1 saturated heterocycles. The summed E-state index contributed by atoms with van der Waals surface area (Å²) in [5.41, 5.74) is 1.95. The zero-order chi connectivity index (χ0) is 14.2. The number of aromatic amines is 1. The molecule has 0 spiro atoms. The molecule has 0 aromatic carbocycles. The highest BCUT2D eigenvalue weighted by Crippen LogP contribution is 2.15. The van der Waals surface area contributed by atoms with Gasteiger partial charge in [-0.2, -0.15) is 0 Å². The Bertz CT molecular complexity index is 596. The molecule has 3 heterocycles. The van der Waals surface area contributed by atoms with Crippen LogP contribution in [0.4, 0.5) is 0 Å². The lowest BCUT2D eigenvalue weighted by Gasteiger charge is -2.27. The van der Waals surface area contributed by atoms with E-state index in [1.54, 1.807) is 6.33 Å². The van der Waals surface area contributed by atoms with Gasteiger partial charge < -0.3 is 10.3 Å². The van der Waals surface area contributed by atoms with E-state index >= 15 is 0 Å². The first-order valence-corrected chi connectivity index (χ1v) is 8.61. The highest BCUT2D eigenvalue weighted by atomic mass is 32.2. The molecule has 1 amide bonds. The number of hydrogen-bond donors (Lipinski definition) is 3. The molecule has 1 fully saturated rings. The van der Waals surface area contributed by atoms with Crippen LogP contribution < -0.4 is 10.6 Å². The maximum atomic E-state index is 12.2. The number of amides is 1. The largest absolute Gasteiger partial charge is 0.352 e. The first kappa shape index (κ1) is 13.6.